The van der Waals surface area contributed by atoms with Crippen molar-refractivity contribution in [3.8, 4) is 0 Å². The zero-order chi connectivity index (χ0) is 14.3. The number of amides is 3. The van der Waals surface area contributed by atoms with Crippen LogP contribution in [-0.4, -0.2) is 54.1 Å². The minimum atomic E-state index is -0.779. The van der Waals surface area contributed by atoms with Gasteiger partial charge in [-0.25, -0.2) is 4.79 Å². The van der Waals surface area contributed by atoms with E-state index in [1.165, 1.54) is 6.92 Å². The first-order valence-corrected chi connectivity index (χ1v) is 6.48. The van der Waals surface area contributed by atoms with Crippen LogP contribution in [0.3, 0.4) is 0 Å². The summed E-state index contributed by atoms with van der Waals surface area (Å²) >= 11 is 0. The number of rotatable bonds is 5. The zero-order valence-electron chi connectivity index (χ0n) is 11.1. The molecular formula is C12H21N3O4. The molecule has 1 rings (SSSR count). The van der Waals surface area contributed by atoms with Crippen molar-refractivity contribution < 1.29 is 19.5 Å². The average Bonchev–Trinajstić information content (AvgIpc) is 2.34. The van der Waals surface area contributed by atoms with Crippen LogP contribution in [0.15, 0.2) is 0 Å². The molecule has 1 aliphatic heterocycles. The van der Waals surface area contributed by atoms with E-state index >= 15 is 0 Å². The zero-order valence-corrected chi connectivity index (χ0v) is 11.1. The van der Waals surface area contributed by atoms with Gasteiger partial charge in [-0.05, 0) is 18.8 Å². The number of hydrogen-bond acceptors (Lipinski definition) is 3. The van der Waals surface area contributed by atoms with E-state index in [0.717, 1.165) is 12.8 Å². The average molecular weight is 271 g/mol. The number of carboxylic acid groups (broad SMARTS) is 1. The fraction of sp³-hybridized carbons (Fsp3) is 0.750. The van der Waals surface area contributed by atoms with Crippen molar-refractivity contribution >= 4 is 17.9 Å². The van der Waals surface area contributed by atoms with Crippen LogP contribution in [0.2, 0.25) is 0 Å². The van der Waals surface area contributed by atoms with Crippen LogP contribution >= 0.6 is 0 Å². The minimum Gasteiger partial charge on any atom is -0.481 e. The van der Waals surface area contributed by atoms with Gasteiger partial charge in [-0.2, -0.15) is 0 Å². The van der Waals surface area contributed by atoms with Crippen LogP contribution in [0.1, 0.15) is 26.2 Å². The van der Waals surface area contributed by atoms with Gasteiger partial charge in [0.25, 0.3) is 0 Å². The van der Waals surface area contributed by atoms with E-state index in [9.17, 15) is 14.4 Å². The van der Waals surface area contributed by atoms with Crippen molar-refractivity contribution in [2.24, 2.45) is 5.92 Å². The molecule has 0 bridgehead atoms. The summed E-state index contributed by atoms with van der Waals surface area (Å²) in [4.78, 5) is 34.7. The summed E-state index contributed by atoms with van der Waals surface area (Å²) in [6.45, 7) is 3.41. The van der Waals surface area contributed by atoms with Crippen molar-refractivity contribution in [1.29, 1.82) is 0 Å². The highest BCUT2D eigenvalue weighted by Crippen LogP contribution is 2.20. The minimum absolute atomic E-state index is 0.122. The van der Waals surface area contributed by atoms with Gasteiger partial charge in [-0.15, -0.1) is 0 Å². The SMILES string of the molecule is CC(=O)NCCNC(=O)N1CCC(CC(=O)O)CC1. The van der Waals surface area contributed by atoms with Crippen LogP contribution in [0.4, 0.5) is 4.79 Å². The Morgan fingerprint density at radius 1 is 1.16 bits per heavy atom. The normalized spacial score (nSPS) is 15.9. The molecule has 3 N–H and O–H groups in total. The molecule has 0 radical (unpaired) electrons. The van der Waals surface area contributed by atoms with Crippen molar-refractivity contribution in [3.05, 3.63) is 0 Å². The molecule has 0 aromatic heterocycles. The monoisotopic (exact) mass is 271 g/mol. The van der Waals surface area contributed by atoms with Crippen molar-refractivity contribution in [1.82, 2.24) is 15.5 Å². The van der Waals surface area contributed by atoms with E-state index in [0.29, 0.717) is 26.2 Å². The summed E-state index contributed by atoms with van der Waals surface area (Å²) in [5.41, 5.74) is 0. The number of carbonyl (C=O) groups excluding carboxylic acids is 2. The van der Waals surface area contributed by atoms with E-state index in [1.807, 2.05) is 0 Å². The highest BCUT2D eigenvalue weighted by atomic mass is 16.4. The fourth-order valence-electron chi connectivity index (χ4n) is 2.11. The second kappa shape index (κ2) is 7.60. The highest BCUT2D eigenvalue weighted by Gasteiger charge is 2.23. The predicted molar refractivity (Wildman–Crippen MR) is 68.6 cm³/mol. The maximum Gasteiger partial charge on any atom is 0.317 e. The first-order valence-electron chi connectivity index (χ1n) is 6.48. The summed E-state index contributed by atoms with van der Waals surface area (Å²) < 4.78 is 0. The van der Waals surface area contributed by atoms with E-state index in [4.69, 9.17) is 5.11 Å². The van der Waals surface area contributed by atoms with Crippen LogP contribution in [-0.2, 0) is 9.59 Å². The Bertz CT molecular complexity index is 338. The summed E-state index contributed by atoms with van der Waals surface area (Å²) in [5.74, 6) is -0.733. The standard InChI is InChI=1S/C12H21N3O4/c1-9(16)13-4-5-14-12(19)15-6-2-10(3-7-15)8-11(17)18/h10H,2-8H2,1H3,(H,13,16)(H,14,19)(H,17,18). The Balaban J connectivity index is 2.18. The molecule has 0 aliphatic carbocycles. The van der Waals surface area contributed by atoms with Gasteiger partial charge < -0.3 is 20.6 Å². The molecule has 0 saturated carbocycles. The number of hydrogen-bond donors (Lipinski definition) is 3. The van der Waals surface area contributed by atoms with E-state index in [-0.39, 0.29) is 24.3 Å². The Morgan fingerprint density at radius 3 is 2.26 bits per heavy atom. The largest absolute Gasteiger partial charge is 0.481 e. The number of piperidine rings is 1. The van der Waals surface area contributed by atoms with Crippen LogP contribution in [0.25, 0.3) is 0 Å². The molecular weight excluding hydrogens is 250 g/mol. The van der Waals surface area contributed by atoms with Crippen molar-refractivity contribution in [2.75, 3.05) is 26.2 Å². The number of nitrogens with one attached hydrogen (secondary N) is 2. The molecule has 19 heavy (non-hydrogen) atoms. The number of nitrogens with zero attached hydrogens (tertiary/aromatic N) is 1. The Morgan fingerprint density at radius 2 is 1.74 bits per heavy atom. The van der Waals surface area contributed by atoms with Gasteiger partial charge in [-0.3, -0.25) is 9.59 Å². The summed E-state index contributed by atoms with van der Waals surface area (Å²) in [7, 11) is 0. The molecule has 7 nitrogen and oxygen atoms in total. The van der Waals surface area contributed by atoms with Gasteiger partial charge in [0.1, 0.15) is 0 Å². The lowest BCUT2D eigenvalue weighted by Gasteiger charge is -2.31. The molecule has 7 heteroatoms. The molecule has 0 aromatic carbocycles. The Hall–Kier alpha value is -1.79. The van der Waals surface area contributed by atoms with Crippen LogP contribution < -0.4 is 10.6 Å². The third-order valence-electron chi connectivity index (χ3n) is 3.14. The van der Waals surface area contributed by atoms with Gasteiger partial charge in [0.15, 0.2) is 0 Å². The quantitative estimate of drug-likeness (QED) is 0.614. The number of aliphatic carboxylic acids is 1. The molecule has 0 atom stereocenters. The molecule has 3 amide bonds. The second-order valence-electron chi connectivity index (χ2n) is 4.74. The van der Waals surface area contributed by atoms with Gasteiger partial charge >= 0.3 is 12.0 Å². The van der Waals surface area contributed by atoms with E-state index in [1.54, 1.807) is 4.90 Å². The number of carbonyl (C=O) groups is 3. The first kappa shape index (κ1) is 15.3. The molecule has 1 saturated heterocycles. The number of likely N-dealkylation sites (tertiary alicyclic amines) is 1. The van der Waals surface area contributed by atoms with Gasteiger partial charge in [0, 0.05) is 39.5 Å². The molecule has 1 fully saturated rings. The topological polar surface area (TPSA) is 98.7 Å². The predicted octanol–water partition coefficient (Wildman–Crippen LogP) is 0.0188. The lowest BCUT2D eigenvalue weighted by Crippen LogP contribution is -2.46. The molecule has 1 heterocycles. The molecule has 0 spiro atoms. The smallest absolute Gasteiger partial charge is 0.317 e. The van der Waals surface area contributed by atoms with Gasteiger partial charge in [-0.1, -0.05) is 0 Å². The summed E-state index contributed by atoms with van der Waals surface area (Å²) in [5, 5.41) is 14.0. The maximum atomic E-state index is 11.8. The van der Waals surface area contributed by atoms with Crippen LogP contribution in [0, 0.1) is 5.92 Å². The summed E-state index contributed by atoms with van der Waals surface area (Å²) in [6, 6.07) is -0.154. The third-order valence-corrected chi connectivity index (χ3v) is 3.14. The van der Waals surface area contributed by atoms with Crippen molar-refractivity contribution in [3.63, 3.8) is 0 Å². The molecule has 0 aromatic rings. The lowest BCUT2D eigenvalue weighted by molar-refractivity contribution is -0.138. The molecule has 0 unspecified atom stereocenters. The van der Waals surface area contributed by atoms with Crippen LogP contribution in [0.5, 0.6) is 0 Å². The molecule has 108 valence electrons. The second-order valence-corrected chi connectivity index (χ2v) is 4.74. The number of carboxylic acids is 1. The lowest BCUT2D eigenvalue weighted by atomic mass is 9.94. The van der Waals surface area contributed by atoms with Crippen molar-refractivity contribution in [2.45, 2.75) is 26.2 Å². The Kier molecular flexibility index (Phi) is 6.11. The van der Waals surface area contributed by atoms with Gasteiger partial charge in [0.05, 0.1) is 0 Å². The Labute approximate surface area is 112 Å². The number of urea groups is 1. The summed E-state index contributed by atoms with van der Waals surface area (Å²) in [6.07, 6.45) is 1.63. The van der Waals surface area contributed by atoms with E-state index in [2.05, 4.69) is 10.6 Å². The fourth-order valence-corrected chi connectivity index (χ4v) is 2.11. The first-order chi connectivity index (χ1) is 8.99. The highest BCUT2D eigenvalue weighted by molar-refractivity contribution is 5.75. The maximum absolute atomic E-state index is 11.8. The molecule has 1 aliphatic rings. The van der Waals surface area contributed by atoms with E-state index < -0.39 is 5.97 Å². The third kappa shape index (κ3) is 6.08. The van der Waals surface area contributed by atoms with Gasteiger partial charge in [0.2, 0.25) is 5.91 Å².